The number of alkyl halides is 2. The molecule has 0 saturated heterocycles. The number of amides is 1. The molecule has 1 heterocycles. The molecule has 1 N–H and O–H groups in total. The molecule has 0 atom stereocenters. The minimum Gasteiger partial charge on any atom is -0.369 e. The van der Waals surface area contributed by atoms with Gasteiger partial charge in [-0.2, -0.15) is 5.10 Å². The molecule has 168 valence electrons. The molecular formula is C21H27Cl2N5OS2. The van der Waals surface area contributed by atoms with E-state index in [0.29, 0.717) is 21.9 Å². The molecule has 1 aromatic carbocycles. The second-order valence-electron chi connectivity index (χ2n) is 6.55. The zero-order chi connectivity index (χ0) is 22.5. The van der Waals surface area contributed by atoms with Gasteiger partial charge in [-0.25, -0.2) is 15.4 Å². The average Bonchev–Trinajstić information content (AvgIpc) is 2.74. The summed E-state index contributed by atoms with van der Waals surface area (Å²) in [7, 11) is 0. The van der Waals surface area contributed by atoms with Crippen molar-refractivity contribution in [3.63, 3.8) is 0 Å². The van der Waals surface area contributed by atoms with Crippen molar-refractivity contribution in [1.82, 2.24) is 15.4 Å². The molecule has 31 heavy (non-hydrogen) atoms. The molecule has 0 aliphatic rings. The number of carbonyl (C=O) groups excluding carboxylic acids is 1. The number of benzene rings is 1. The Morgan fingerprint density at radius 1 is 1.19 bits per heavy atom. The minimum absolute atomic E-state index is 0.300. The third-order valence-electron chi connectivity index (χ3n) is 4.07. The smallest absolute Gasteiger partial charge is 0.305 e. The highest BCUT2D eigenvalue weighted by Crippen LogP contribution is 2.22. The van der Waals surface area contributed by atoms with Crippen LogP contribution in [-0.2, 0) is 0 Å². The molecular weight excluding hydrogens is 473 g/mol. The highest BCUT2D eigenvalue weighted by atomic mass is 35.5. The zero-order valence-electron chi connectivity index (χ0n) is 17.7. The first-order chi connectivity index (χ1) is 15.0. The Labute approximate surface area is 202 Å². The van der Waals surface area contributed by atoms with E-state index in [4.69, 9.17) is 23.2 Å². The molecule has 2 aromatic rings. The Morgan fingerprint density at radius 2 is 1.90 bits per heavy atom. The van der Waals surface area contributed by atoms with E-state index in [2.05, 4.69) is 32.3 Å². The number of anilines is 1. The van der Waals surface area contributed by atoms with E-state index in [1.807, 2.05) is 31.2 Å². The monoisotopic (exact) mass is 499 g/mol. The van der Waals surface area contributed by atoms with Crippen LogP contribution in [0.4, 0.5) is 10.5 Å². The van der Waals surface area contributed by atoms with E-state index in [-0.39, 0.29) is 5.24 Å². The van der Waals surface area contributed by atoms with E-state index in [9.17, 15) is 4.79 Å². The molecule has 0 aliphatic carbocycles. The van der Waals surface area contributed by atoms with Gasteiger partial charge in [0.15, 0.2) is 5.16 Å². The van der Waals surface area contributed by atoms with Crippen molar-refractivity contribution in [2.24, 2.45) is 5.10 Å². The zero-order valence-corrected chi connectivity index (χ0v) is 20.8. The Bertz CT molecular complexity index is 846. The summed E-state index contributed by atoms with van der Waals surface area (Å²) in [5.41, 5.74) is 5.29. The van der Waals surface area contributed by atoms with Gasteiger partial charge in [0.05, 0.1) is 6.21 Å². The topological polar surface area (TPSA) is 70.5 Å². The van der Waals surface area contributed by atoms with Crippen LogP contribution >= 0.6 is 46.7 Å². The van der Waals surface area contributed by atoms with Crippen molar-refractivity contribution >= 4 is 63.9 Å². The van der Waals surface area contributed by atoms with E-state index >= 15 is 0 Å². The number of hydrogen-bond donors (Lipinski definition) is 1. The average molecular weight is 501 g/mol. The SMILES string of the molecule is CCCCSc1nc(C)cc(SC(=O)NN=Cc2ccc(N(CCCl)CCCl)cc2)n1. The van der Waals surface area contributed by atoms with Crippen molar-refractivity contribution in [3.05, 3.63) is 41.6 Å². The maximum Gasteiger partial charge on any atom is 0.305 e. The van der Waals surface area contributed by atoms with Gasteiger partial charge >= 0.3 is 5.24 Å². The molecule has 0 radical (unpaired) electrons. The first kappa shape index (κ1) is 25.8. The fraction of sp³-hybridized carbons (Fsp3) is 0.429. The lowest BCUT2D eigenvalue weighted by molar-refractivity contribution is 0.261. The third kappa shape index (κ3) is 9.68. The quantitative estimate of drug-likeness (QED) is 0.0756. The molecule has 2 rings (SSSR count). The number of carbonyl (C=O) groups is 1. The van der Waals surface area contributed by atoms with Crippen LogP contribution in [0.1, 0.15) is 31.0 Å². The lowest BCUT2D eigenvalue weighted by Crippen LogP contribution is -2.27. The first-order valence-corrected chi connectivity index (χ1v) is 12.9. The lowest BCUT2D eigenvalue weighted by atomic mass is 10.2. The maximum absolute atomic E-state index is 12.2. The van der Waals surface area contributed by atoms with E-state index < -0.39 is 0 Å². The number of nitrogens with zero attached hydrogens (tertiary/aromatic N) is 4. The summed E-state index contributed by atoms with van der Waals surface area (Å²) in [5.74, 6) is 2.04. The summed E-state index contributed by atoms with van der Waals surface area (Å²) in [6, 6.07) is 9.63. The van der Waals surface area contributed by atoms with Crippen LogP contribution in [0.25, 0.3) is 0 Å². The summed E-state index contributed by atoms with van der Waals surface area (Å²) in [6.07, 6.45) is 3.84. The van der Waals surface area contributed by atoms with Crippen LogP contribution in [0, 0.1) is 6.92 Å². The molecule has 0 saturated carbocycles. The molecule has 0 bridgehead atoms. The van der Waals surface area contributed by atoms with Gasteiger partial charge in [0.2, 0.25) is 0 Å². The summed E-state index contributed by atoms with van der Waals surface area (Å²) in [6.45, 7) is 5.51. The largest absolute Gasteiger partial charge is 0.369 e. The van der Waals surface area contributed by atoms with E-state index in [1.54, 1.807) is 24.0 Å². The van der Waals surface area contributed by atoms with Crippen LogP contribution in [-0.4, -0.2) is 52.0 Å². The van der Waals surface area contributed by atoms with Gasteiger partial charge in [-0.05, 0) is 48.9 Å². The fourth-order valence-electron chi connectivity index (χ4n) is 2.56. The summed E-state index contributed by atoms with van der Waals surface area (Å²) in [5, 5.41) is 5.05. The van der Waals surface area contributed by atoms with Gasteiger partial charge in [0.1, 0.15) is 5.03 Å². The Morgan fingerprint density at radius 3 is 2.55 bits per heavy atom. The van der Waals surface area contributed by atoms with E-state index in [0.717, 1.165) is 60.4 Å². The molecule has 0 fully saturated rings. The highest BCUT2D eigenvalue weighted by molar-refractivity contribution is 8.13. The maximum atomic E-state index is 12.2. The number of rotatable bonds is 12. The Balaban J connectivity index is 1.89. The molecule has 1 amide bonds. The molecule has 0 aliphatic heterocycles. The minimum atomic E-state index is -0.300. The predicted octanol–water partition coefficient (Wildman–Crippen LogP) is 5.80. The van der Waals surface area contributed by atoms with Crippen LogP contribution in [0.5, 0.6) is 0 Å². The Kier molecular flexibility index (Phi) is 12.1. The number of aromatic nitrogens is 2. The molecule has 0 spiro atoms. The van der Waals surface area contributed by atoms with Crippen molar-refractivity contribution in [3.8, 4) is 0 Å². The van der Waals surface area contributed by atoms with Crippen molar-refractivity contribution < 1.29 is 4.79 Å². The van der Waals surface area contributed by atoms with Crippen LogP contribution in [0.15, 0.2) is 45.6 Å². The van der Waals surface area contributed by atoms with Gasteiger partial charge < -0.3 is 4.90 Å². The summed E-state index contributed by atoms with van der Waals surface area (Å²) < 4.78 is 0. The second-order valence-corrected chi connectivity index (χ2v) is 9.36. The second kappa shape index (κ2) is 14.6. The molecule has 6 nitrogen and oxygen atoms in total. The summed E-state index contributed by atoms with van der Waals surface area (Å²) >= 11 is 14.3. The molecule has 1 aromatic heterocycles. The van der Waals surface area contributed by atoms with Gasteiger partial charge in [-0.1, -0.05) is 37.2 Å². The standard InChI is InChI=1S/C21H27Cl2N5OS2/c1-3-4-13-30-20-25-16(2)14-19(26-20)31-21(29)27-24-15-17-5-7-18(8-6-17)28(11-9-22)12-10-23/h5-8,14-15H,3-4,9-13H2,1-2H3,(H,27,29). The lowest BCUT2D eigenvalue weighted by Gasteiger charge is -2.22. The molecule has 0 unspecified atom stereocenters. The van der Waals surface area contributed by atoms with Crippen LogP contribution in [0.3, 0.4) is 0 Å². The van der Waals surface area contributed by atoms with E-state index in [1.165, 1.54) is 0 Å². The highest BCUT2D eigenvalue weighted by Gasteiger charge is 2.09. The number of halogens is 2. The summed E-state index contributed by atoms with van der Waals surface area (Å²) in [4.78, 5) is 23.2. The number of thioether (sulfide) groups is 2. The van der Waals surface area contributed by atoms with Crippen LogP contribution in [0.2, 0.25) is 0 Å². The van der Waals surface area contributed by atoms with Crippen molar-refractivity contribution in [1.29, 1.82) is 0 Å². The van der Waals surface area contributed by atoms with Crippen molar-refractivity contribution in [2.75, 3.05) is 35.5 Å². The normalized spacial score (nSPS) is 11.1. The van der Waals surface area contributed by atoms with Gasteiger partial charge in [-0.15, -0.1) is 23.2 Å². The van der Waals surface area contributed by atoms with Gasteiger partial charge in [-0.3, -0.25) is 4.79 Å². The number of aryl methyl sites for hydroxylation is 1. The number of unbranched alkanes of at least 4 members (excludes halogenated alkanes) is 1. The Hall–Kier alpha value is -1.48. The van der Waals surface area contributed by atoms with Gasteiger partial charge in [0, 0.05) is 42.0 Å². The predicted molar refractivity (Wildman–Crippen MR) is 134 cm³/mol. The molecule has 10 heteroatoms. The first-order valence-electron chi connectivity index (χ1n) is 10.0. The number of hydrogen-bond acceptors (Lipinski definition) is 7. The van der Waals surface area contributed by atoms with Gasteiger partial charge in [0.25, 0.3) is 0 Å². The number of nitrogens with one attached hydrogen (secondary N) is 1. The fourth-order valence-corrected chi connectivity index (χ4v) is 4.66. The number of hydrazone groups is 1. The van der Waals surface area contributed by atoms with Crippen molar-refractivity contribution in [2.45, 2.75) is 36.9 Å². The van der Waals surface area contributed by atoms with Crippen LogP contribution < -0.4 is 10.3 Å². The third-order valence-corrected chi connectivity index (χ3v) is 6.04.